The number of imidazole rings is 1. The van der Waals surface area contributed by atoms with E-state index in [9.17, 15) is 57.9 Å². The fourth-order valence-electron chi connectivity index (χ4n) is 5.24. The van der Waals surface area contributed by atoms with Gasteiger partial charge in [-0.15, -0.1) is 0 Å². The van der Waals surface area contributed by atoms with Gasteiger partial charge in [0.15, 0.2) is 22.8 Å². The minimum atomic E-state index is -5.58. The van der Waals surface area contributed by atoms with E-state index in [0.29, 0.717) is 5.75 Å². The number of allylic oxidation sites excluding steroid dienone is 6. The first-order chi connectivity index (χ1) is 28.6. The molecular weight excluding hydrogens is 891 g/mol. The zero-order chi connectivity index (χ0) is 45.4. The SMILES string of the molecule is CC/C=C/C/C=C/C/C=C/CC(=O)SCCNC(=O)CCNC(=O)C(O)C(C)(C)COP(=O)(O)OP(=O)(O)OCC1OC(n2cnc3c(N)ncnc32)C(O)C1OP(=O)(O)O. The van der Waals surface area contributed by atoms with Gasteiger partial charge in [-0.25, -0.2) is 28.6 Å². The number of nitrogen functional groups attached to an aromatic ring is 1. The molecule has 1 saturated heterocycles. The van der Waals surface area contributed by atoms with Crippen molar-refractivity contribution in [2.75, 3.05) is 37.8 Å². The van der Waals surface area contributed by atoms with Crippen molar-refractivity contribution in [3.05, 3.63) is 49.1 Å². The summed E-state index contributed by atoms with van der Waals surface area (Å²) in [6, 6.07) is 0. The number of nitrogens with zero attached hydrogens (tertiary/aromatic N) is 4. The summed E-state index contributed by atoms with van der Waals surface area (Å²) in [5.74, 6) is -1.12. The normalized spacial score (nSPS) is 21.3. The summed E-state index contributed by atoms with van der Waals surface area (Å²) in [4.78, 5) is 87.9. The number of hydrogen-bond acceptors (Lipinski definition) is 18. The Morgan fingerprint density at radius 1 is 0.984 bits per heavy atom. The maximum atomic E-state index is 12.7. The summed E-state index contributed by atoms with van der Waals surface area (Å²) < 4.78 is 62.2. The summed E-state index contributed by atoms with van der Waals surface area (Å²) in [6.45, 7) is 2.55. The van der Waals surface area contributed by atoms with Gasteiger partial charge < -0.3 is 50.9 Å². The molecule has 342 valence electrons. The molecule has 7 unspecified atom stereocenters. The summed E-state index contributed by atoms with van der Waals surface area (Å²) >= 11 is 1.07. The fraction of sp³-hybridized carbons (Fsp3) is 0.576. The van der Waals surface area contributed by atoms with Crippen molar-refractivity contribution in [1.82, 2.24) is 30.2 Å². The van der Waals surface area contributed by atoms with Crippen LogP contribution in [0.3, 0.4) is 0 Å². The van der Waals surface area contributed by atoms with Crippen LogP contribution in [0.2, 0.25) is 0 Å². The van der Waals surface area contributed by atoms with Crippen LogP contribution >= 0.6 is 35.2 Å². The summed E-state index contributed by atoms with van der Waals surface area (Å²) in [5, 5.41) is 26.4. The van der Waals surface area contributed by atoms with Crippen molar-refractivity contribution in [2.24, 2.45) is 5.41 Å². The first-order valence-corrected chi connectivity index (χ1v) is 24.1. The van der Waals surface area contributed by atoms with Crippen LogP contribution in [0.25, 0.3) is 11.2 Å². The van der Waals surface area contributed by atoms with Crippen molar-refractivity contribution in [1.29, 1.82) is 0 Å². The fourth-order valence-corrected chi connectivity index (χ4v) is 8.72. The quantitative estimate of drug-likeness (QED) is 0.0369. The average molecular weight is 944 g/mol. The second-order valence-electron chi connectivity index (χ2n) is 13.8. The molecule has 0 spiro atoms. The highest BCUT2D eigenvalue weighted by molar-refractivity contribution is 8.13. The van der Waals surface area contributed by atoms with Crippen LogP contribution < -0.4 is 16.4 Å². The number of carbonyl (C=O) groups excluding carboxylic acids is 3. The number of anilines is 1. The molecule has 61 heavy (non-hydrogen) atoms. The van der Waals surface area contributed by atoms with Gasteiger partial charge >= 0.3 is 23.5 Å². The van der Waals surface area contributed by atoms with Crippen LogP contribution in [-0.4, -0.2) is 123 Å². The Kier molecular flexibility index (Phi) is 20.5. The number of hydrogen-bond donors (Lipinski definition) is 9. The highest BCUT2D eigenvalue weighted by atomic mass is 32.2. The average Bonchev–Trinajstić information content (AvgIpc) is 3.73. The Labute approximate surface area is 354 Å². The second-order valence-corrected chi connectivity index (χ2v) is 19.2. The number of phosphoric ester groups is 3. The number of phosphoric acid groups is 3. The molecule has 2 amide bonds. The van der Waals surface area contributed by atoms with E-state index < -0.39 is 84.6 Å². The molecule has 7 atom stereocenters. The van der Waals surface area contributed by atoms with Gasteiger partial charge in [0.25, 0.3) is 0 Å². The minimum Gasteiger partial charge on any atom is -0.386 e. The third-order valence-electron chi connectivity index (χ3n) is 8.33. The van der Waals surface area contributed by atoms with E-state index in [1.54, 1.807) is 6.08 Å². The Balaban J connectivity index is 1.41. The summed E-state index contributed by atoms with van der Waals surface area (Å²) in [6.07, 6.45) is 7.82. The number of aliphatic hydroxyl groups is 2. The van der Waals surface area contributed by atoms with Gasteiger partial charge in [-0.1, -0.05) is 69.0 Å². The number of amides is 2. The predicted molar refractivity (Wildman–Crippen MR) is 219 cm³/mol. The zero-order valence-electron chi connectivity index (χ0n) is 33.4. The van der Waals surface area contributed by atoms with E-state index in [0.717, 1.165) is 48.2 Å². The number of nitrogens with two attached hydrogens (primary N) is 1. The Bertz CT molecular complexity index is 2030. The number of thioether (sulfide) groups is 1. The van der Waals surface area contributed by atoms with Crippen molar-refractivity contribution < 1.29 is 80.5 Å². The molecule has 3 heterocycles. The molecule has 0 aromatic carbocycles. The smallest absolute Gasteiger partial charge is 0.386 e. The van der Waals surface area contributed by atoms with Gasteiger partial charge in [0.05, 0.1) is 19.5 Å². The maximum Gasteiger partial charge on any atom is 0.481 e. The van der Waals surface area contributed by atoms with Crippen molar-refractivity contribution >= 4 is 69.1 Å². The maximum absolute atomic E-state index is 12.7. The van der Waals surface area contributed by atoms with Crippen LogP contribution in [0.4, 0.5) is 5.82 Å². The third kappa shape index (κ3) is 17.8. The lowest BCUT2D eigenvalue weighted by atomic mass is 9.87. The molecule has 28 heteroatoms. The molecule has 3 rings (SSSR count). The first-order valence-electron chi connectivity index (χ1n) is 18.6. The number of ether oxygens (including phenoxy) is 1. The molecule has 0 bridgehead atoms. The van der Waals surface area contributed by atoms with Gasteiger partial charge in [0, 0.05) is 37.1 Å². The molecule has 1 aliphatic heterocycles. The first kappa shape index (κ1) is 52.1. The van der Waals surface area contributed by atoms with Crippen LogP contribution in [0.15, 0.2) is 49.1 Å². The highest BCUT2D eigenvalue weighted by Gasteiger charge is 2.50. The van der Waals surface area contributed by atoms with Crippen molar-refractivity contribution in [2.45, 2.75) is 83.5 Å². The lowest BCUT2D eigenvalue weighted by Crippen LogP contribution is -2.46. The van der Waals surface area contributed by atoms with E-state index in [-0.39, 0.29) is 48.0 Å². The molecule has 10 N–H and O–H groups in total. The minimum absolute atomic E-state index is 0.0297. The zero-order valence-corrected chi connectivity index (χ0v) is 36.9. The predicted octanol–water partition coefficient (Wildman–Crippen LogP) is 1.91. The molecule has 0 aliphatic carbocycles. The monoisotopic (exact) mass is 943 g/mol. The highest BCUT2D eigenvalue weighted by Crippen LogP contribution is 2.61. The summed E-state index contributed by atoms with van der Waals surface area (Å²) in [7, 11) is -16.4. The molecule has 24 nitrogen and oxygen atoms in total. The van der Waals surface area contributed by atoms with Gasteiger partial charge in [0.2, 0.25) is 11.8 Å². The summed E-state index contributed by atoms with van der Waals surface area (Å²) in [5.41, 5.74) is 4.26. The van der Waals surface area contributed by atoms with Crippen LogP contribution in [0, 0.1) is 5.41 Å². The number of carbonyl (C=O) groups is 3. The molecule has 0 saturated carbocycles. The van der Waals surface area contributed by atoms with E-state index in [1.807, 2.05) is 18.2 Å². The van der Waals surface area contributed by atoms with Gasteiger partial charge in [0.1, 0.15) is 36.3 Å². The molecular formula is C33H52N7O17P3S. The lowest BCUT2D eigenvalue weighted by Gasteiger charge is -2.30. The van der Waals surface area contributed by atoms with E-state index in [4.69, 9.17) is 19.5 Å². The second kappa shape index (κ2) is 24.0. The van der Waals surface area contributed by atoms with Crippen molar-refractivity contribution in [3.63, 3.8) is 0 Å². The topological polar surface area (TPSA) is 364 Å². The van der Waals surface area contributed by atoms with Crippen LogP contribution in [0.5, 0.6) is 0 Å². The Morgan fingerprint density at radius 2 is 1.64 bits per heavy atom. The van der Waals surface area contributed by atoms with Crippen LogP contribution in [-0.2, 0) is 50.7 Å². The van der Waals surface area contributed by atoms with Gasteiger partial charge in [-0.3, -0.25) is 32.5 Å². The van der Waals surface area contributed by atoms with Gasteiger partial charge in [-0.05, 0) is 19.3 Å². The number of aromatic nitrogens is 4. The molecule has 1 fully saturated rings. The number of nitrogens with one attached hydrogen (secondary N) is 2. The van der Waals surface area contributed by atoms with E-state index in [2.05, 4.69) is 53.5 Å². The number of aliphatic hydroxyl groups excluding tert-OH is 2. The van der Waals surface area contributed by atoms with Crippen molar-refractivity contribution in [3.8, 4) is 0 Å². The van der Waals surface area contributed by atoms with E-state index >= 15 is 0 Å². The van der Waals surface area contributed by atoms with E-state index in [1.165, 1.54) is 13.8 Å². The number of fused-ring (bicyclic) bond motifs is 1. The molecule has 2 aromatic rings. The molecule has 0 radical (unpaired) electrons. The standard InChI is InChI=1S/C33H52N7O17P3S/c1-4-5-6-7-8-9-10-11-12-13-24(42)61-17-16-35-23(41)14-15-36-31(45)28(44)33(2,3)19-54-60(51,52)57-59(49,50)53-18-22-27(56-58(46,47)48)26(43)32(55-22)40-21-39-25-29(34)37-20-38-30(25)40/h5-6,8-9,11-12,20-22,26-28,32,43-44H,4,7,10,13-19H2,1-3H3,(H,35,41)(H,36,45)(H,49,50)(H,51,52)(H2,34,37,38)(H2,46,47,48)/b6-5+,9-8+,12-11+. The third-order valence-corrected chi connectivity index (χ3v) is 12.3. The Morgan fingerprint density at radius 3 is 2.31 bits per heavy atom. The van der Waals surface area contributed by atoms with Crippen LogP contribution in [0.1, 0.15) is 59.1 Å². The molecule has 1 aliphatic rings. The van der Waals surface area contributed by atoms with Gasteiger partial charge in [-0.2, -0.15) is 4.31 Å². The molecule has 2 aromatic heterocycles. The largest absolute Gasteiger partial charge is 0.481 e. The lowest BCUT2D eigenvalue weighted by molar-refractivity contribution is -0.137. The number of rotatable bonds is 26. The Hall–Kier alpha value is -3.22.